The Bertz CT molecular complexity index is 779. The van der Waals surface area contributed by atoms with E-state index in [2.05, 4.69) is 4.74 Å². The Labute approximate surface area is 168 Å². The van der Waals surface area contributed by atoms with Gasteiger partial charge in [-0.2, -0.15) is 30.7 Å². The van der Waals surface area contributed by atoms with Gasteiger partial charge in [0, 0.05) is 5.56 Å². The molecule has 0 amide bonds. The van der Waals surface area contributed by atoms with Crippen molar-refractivity contribution in [1.82, 2.24) is 0 Å². The first kappa shape index (κ1) is 23.9. The fourth-order valence-corrected chi connectivity index (χ4v) is 2.38. The van der Waals surface area contributed by atoms with Gasteiger partial charge in [-0.3, -0.25) is 0 Å². The Morgan fingerprint density at radius 3 is 1.87 bits per heavy atom. The van der Waals surface area contributed by atoms with Crippen LogP contribution in [0.2, 0.25) is 0 Å². The molecule has 0 spiro atoms. The molecular weight excluding hydrogens is 421 g/mol. The molecule has 0 aromatic heterocycles. The summed E-state index contributed by atoms with van der Waals surface area (Å²) in [6, 6.07) is 16.7. The van der Waals surface area contributed by atoms with Gasteiger partial charge < -0.3 is 14.2 Å². The van der Waals surface area contributed by atoms with Crippen molar-refractivity contribution in [3.05, 3.63) is 54.6 Å². The number of halogens is 7. The third-order valence-corrected chi connectivity index (χ3v) is 3.93. The lowest BCUT2D eigenvalue weighted by molar-refractivity contribution is -0.361. The molecule has 30 heavy (non-hydrogen) atoms. The highest BCUT2D eigenvalue weighted by Gasteiger charge is 2.72. The first-order valence-electron chi connectivity index (χ1n) is 8.81. The minimum Gasteiger partial charge on any atom is -0.491 e. The Kier molecular flexibility index (Phi) is 8.08. The monoisotopic (exact) mass is 440 g/mol. The van der Waals surface area contributed by atoms with Crippen molar-refractivity contribution in [2.45, 2.75) is 18.0 Å². The summed E-state index contributed by atoms with van der Waals surface area (Å²) >= 11 is 0. The minimum atomic E-state index is -6.37. The molecule has 2 rings (SSSR count). The number of hydrogen-bond donors (Lipinski definition) is 0. The summed E-state index contributed by atoms with van der Waals surface area (Å²) in [6.45, 7) is -2.81. The maximum absolute atomic E-state index is 13.0. The summed E-state index contributed by atoms with van der Waals surface area (Å²) in [5.74, 6) is -11.0. The van der Waals surface area contributed by atoms with Crippen molar-refractivity contribution in [1.29, 1.82) is 0 Å². The summed E-state index contributed by atoms with van der Waals surface area (Å²) in [7, 11) is 0. The van der Waals surface area contributed by atoms with Crippen molar-refractivity contribution in [2.24, 2.45) is 0 Å². The number of alkyl halides is 7. The van der Waals surface area contributed by atoms with E-state index in [1.54, 1.807) is 12.1 Å². The smallest absolute Gasteiger partial charge is 0.459 e. The molecule has 3 nitrogen and oxygen atoms in total. The van der Waals surface area contributed by atoms with Crippen LogP contribution >= 0.6 is 0 Å². The van der Waals surface area contributed by atoms with Crippen LogP contribution in [0.4, 0.5) is 30.7 Å². The zero-order valence-electron chi connectivity index (χ0n) is 15.6. The van der Waals surface area contributed by atoms with E-state index in [9.17, 15) is 30.7 Å². The predicted molar refractivity (Wildman–Crippen MR) is 95.0 cm³/mol. The van der Waals surface area contributed by atoms with Crippen molar-refractivity contribution in [3.63, 3.8) is 0 Å². The Morgan fingerprint density at radius 1 is 0.633 bits per heavy atom. The van der Waals surface area contributed by atoms with Crippen LogP contribution in [0.15, 0.2) is 54.6 Å². The predicted octanol–water partition coefficient (Wildman–Crippen LogP) is 5.60. The van der Waals surface area contributed by atoms with Crippen LogP contribution in [0.5, 0.6) is 5.75 Å². The van der Waals surface area contributed by atoms with Gasteiger partial charge in [0.2, 0.25) is 0 Å². The zero-order chi connectivity index (χ0) is 22.3. The number of rotatable bonds is 11. The van der Waals surface area contributed by atoms with E-state index >= 15 is 0 Å². The van der Waals surface area contributed by atoms with Crippen LogP contribution in [0.1, 0.15) is 0 Å². The summed E-state index contributed by atoms with van der Waals surface area (Å²) < 4.78 is 102. The number of benzene rings is 2. The van der Waals surface area contributed by atoms with E-state index in [4.69, 9.17) is 9.47 Å². The topological polar surface area (TPSA) is 27.7 Å². The van der Waals surface area contributed by atoms with E-state index < -0.39 is 31.2 Å². The average Bonchev–Trinajstić information content (AvgIpc) is 2.70. The molecule has 2 aromatic rings. The highest BCUT2D eigenvalue weighted by Crippen LogP contribution is 2.46. The third-order valence-electron chi connectivity index (χ3n) is 3.93. The number of hydrogen-bond acceptors (Lipinski definition) is 3. The molecule has 166 valence electrons. The summed E-state index contributed by atoms with van der Waals surface area (Å²) in [5, 5.41) is 0. The number of ether oxygens (including phenoxy) is 3. The van der Waals surface area contributed by atoms with Gasteiger partial charge >= 0.3 is 18.0 Å². The molecule has 0 unspecified atom stereocenters. The van der Waals surface area contributed by atoms with Crippen molar-refractivity contribution >= 4 is 0 Å². The Morgan fingerprint density at radius 2 is 1.20 bits per heavy atom. The lowest BCUT2D eigenvalue weighted by atomic mass is 10.1. The molecule has 0 atom stereocenters. The first-order chi connectivity index (χ1) is 14.1. The normalized spacial score (nSPS) is 12.8. The molecule has 0 saturated carbocycles. The molecule has 0 N–H and O–H groups in total. The quantitative estimate of drug-likeness (QED) is 0.336. The molecule has 10 heteroatoms. The molecule has 0 aliphatic carbocycles. The highest BCUT2D eigenvalue weighted by molar-refractivity contribution is 5.70. The van der Waals surface area contributed by atoms with Gasteiger partial charge in [-0.25, -0.2) is 0 Å². The van der Waals surface area contributed by atoms with Crippen molar-refractivity contribution in [3.8, 4) is 16.9 Å². The molecule has 0 aliphatic heterocycles. The van der Waals surface area contributed by atoms with Crippen LogP contribution in [0, 0.1) is 0 Å². The lowest BCUT2D eigenvalue weighted by Crippen LogP contribution is -2.54. The molecule has 2 aromatic carbocycles. The minimum absolute atomic E-state index is 0.0294. The molecule has 0 aliphatic rings. The Hall–Kier alpha value is -2.33. The van der Waals surface area contributed by atoms with E-state index in [1.807, 2.05) is 42.5 Å². The molecule has 0 fully saturated rings. The second-order valence-corrected chi connectivity index (χ2v) is 6.15. The SMILES string of the molecule is FC(F)(F)C(F)(F)C(F)(F)COCCOCCOc1ccccc1-c1ccccc1. The largest absolute Gasteiger partial charge is 0.491 e. The second-order valence-electron chi connectivity index (χ2n) is 6.15. The van der Waals surface area contributed by atoms with E-state index in [1.165, 1.54) is 0 Å². The summed E-state index contributed by atoms with van der Waals surface area (Å²) in [4.78, 5) is 0. The van der Waals surface area contributed by atoms with Crippen molar-refractivity contribution in [2.75, 3.05) is 33.0 Å². The molecule has 0 heterocycles. The molecule has 0 saturated heterocycles. The lowest BCUT2D eigenvalue weighted by Gasteiger charge is -2.27. The van der Waals surface area contributed by atoms with E-state index in [-0.39, 0.29) is 19.8 Å². The summed E-state index contributed by atoms with van der Waals surface area (Å²) in [6.07, 6.45) is -6.37. The van der Waals surface area contributed by atoms with Crippen LogP contribution in [-0.4, -0.2) is 51.1 Å². The van der Waals surface area contributed by atoms with Crippen molar-refractivity contribution < 1.29 is 44.9 Å². The van der Waals surface area contributed by atoms with Gasteiger partial charge in [-0.1, -0.05) is 48.5 Å². The van der Waals surface area contributed by atoms with Gasteiger partial charge in [-0.05, 0) is 11.6 Å². The fraction of sp³-hybridized carbons (Fsp3) is 0.400. The van der Waals surface area contributed by atoms with Gasteiger partial charge in [0.05, 0.1) is 19.8 Å². The van der Waals surface area contributed by atoms with Crippen LogP contribution in [0.25, 0.3) is 11.1 Å². The van der Waals surface area contributed by atoms with E-state index in [0.717, 1.165) is 11.1 Å². The third kappa shape index (κ3) is 6.09. The standard InChI is InChI=1S/C20H19F7O3/c21-18(22,19(23,24)20(25,26)27)14-29-11-10-28-12-13-30-17-9-5-4-8-16(17)15-6-2-1-3-7-15/h1-9H,10-14H2. The molecule has 0 radical (unpaired) electrons. The molecular formula is C20H19F7O3. The highest BCUT2D eigenvalue weighted by atomic mass is 19.4. The maximum Gasteiger partial charge on any atom is 0.459 e. The van der Waals surface area contributed by atoms with Gasteiger partial charge in [0.25, 0.3) is 0 Å². The zero-order valence-corrected chi connectivity index (χ0v) is 15.6. The Balaban J connectivity index is 1.69. The fourth-order valence-electron chi connectivity index (χ4n) is 2.38. The van der Waals surface area contributed by atoms with E-state index in [0.29, 0.717) is 5.75 Å². The van der Waals surface area contributed by atoms with Gasteiger partial charge in [0.15, 0.2) is 0 Å². The summed E-state index contributed by atoms with van der Waals surface area (Å²) in [5.41, 5.74) is 1.80. The van der Waals surface area contributed by atoms with Gasteiger partial charge in [0.1, 0.15) is 19.0 Å². The average molecular weight is 440 g/mol. The molecule has 0 bridgehead atoms. The number of para-hydroxylation sites is 1. The van der Waals surface area contributed by atoms with Crippen LogP contribution < -0.4 is 4.74 Å². The van der Waals surface area contributed by atoms with Crippen LogP contribution in [-0.2, 0) is 9.47 Å². The first-order valence-corrected chi connectivity index (χ1v) is 8.81. The second kappa shape index (κ2) is 10.1. The maximum atomic E-state index is 13.0. The van der Waals surface area contributed by atoms with Gasteiger partial charge in [-0.15, -0.1) is 0 Å². The van der Waals surface area contributed by atoms with Crippen LogP contribution in [0.3, 0.4) is 0 Å².